The van der Waals surface area contributed by atoms with E-state index >= 15 is 0 Å². The van der Waals surface area contributed by atoms with E-state index < -0.39 is 5.60 Å². The number of amides is 1. The zero-order valence-corrected chi connectivity index (χ0v) is 14.5. The van der Waals surface area contributed by atoms with Gasteiger partial charge in [0, 0.05) is 24.6 Å². The number of benzene rings is 1. The highest BCUT2D eigenvalue weighted by Crippen LogP contribution is 2.44. The van der Waals surface area contributed by atoms with Crippen molar-refractivity contribution in [3.8, 4) is 5.75 Å². The van der Waals surface area contributed by atoms with E-state index in [9.17, 15) is 9.90 Å². The van der Waals surface area contributed by atoms with E-state index in [4.69, 9.17) is 4.74 Å². The average molecular weight is 329 g/mol. The van der Waals surface area contributed by atoms with E-state index in [1.807, 2.05) is 23.1 Å². The van der Waals surface area contributed by atoms with Gasteiger partial charge in [-0.2, -0.15) is 0 Å². The van der Waals surface area contributed by atoms with Crippen LogP contribution in [0.25, 0.3) is 0 Å². The summed E-state index contributed by atoms with van der Waals surface area (Å²) in [4.78, 5) is 14.9. The minimum Gasteiger partial charge on any atom is -0.493 e. The Bertz CT molecular complexity index is 644. The summed E-state index contributed by atoms with van der Waals surface area (Å²) in [5, 5.41) is 10.9. The quantitative estimate of drug-likeness (QED) is 0.907. The number of carbonyl (C=O) groups excluding carboxylic acids is 1. The van der Waals surface area contributed by atoms with Crippen LogP contribution in [-0.4, -0.2) is 41.2 Å². The second kappa shape index (κ2) is 6.07. The maximum absolute atomic E-state index is 13.0. The third-order valence-electron chi connectivity index (χ3n) is 6.37. The molecule has 1 saturated heterocycles. The van der Waals surface area contributed by atoms with Crippen molar-refractivity contribution < 1.29 is 14.6 Å². The van der Waals surface area contributed by atoms with Gasteiger partial charge in [-0.1, -0.05) is 13.3 Å². The monoisotopic (exact) mass is 329 g/mol. The molecule has 3 aliphatic rings. The van der Waals surface area contributed by atoms with Gasteiger partial charge in [-0.15, -0.1) is 0 Å². The molecule has 1 amide bonds. The number of rotatable bonds is 2. The Hall–Kier alpha value is -1.55. The lowest BCUT2D eigenvalue weighted by Crippen LogP contribution is -2.44. The standard InChI is InChI=1S/C20H27NO3/c1-2-20(23)9-3-5-16-12-21(13-17(16)20)19(22)15-7-8-18-14(11-15)6-4-10-24-18/h7-8,11,16-17,23H,2-6,9-10,12-13H2,1H3/t16-,17+,20-/m0/s1. The maximum Gasteiger partial charge on any atom is 0.253 e. The van der Waals surface area contributed by atoms with Crippen molar-refractivity contribution >= 4 is 5.91 Å². The molecule has 0 radical (unpaired) electrons. The molecule has 1 aromatic carbocycles. The lowest BCUT2D eigenvalue weighted by molar-refractivity contribution is -0.0609. The van der Waals surface area contributed by atoms with E-state index in [1.54, 1.807) is 0 Å². The number of carbonyl (C=O) groups is 1. The van der Waals surface area contributed by atoms with Crippen LogP contribution in [0.15, 0.2) is 18.2 Å². The Labute approximate surface area is 143 Å². The second-order valence-electron chi connectivity index (χ2n) is 7.70. The van der Waals surface area contributed by atoms with Gasteiger partial charge in [-0.25, -0.2) is 0 Å². The molecule has 2 aliphatic heterocycles. The summed E-state index contributed by atoms with van der Waals surface area (Å²) < 4.78 is 5.64. The number of hydrogen-bond acceptors (Lipinski definition) is 3. The highest BCUT2D eigenvalue weighted by atomic mass is 16.5. The summed E-state index contributed by atoms with van der Waals surface area (Å²) in [7, 11) is 0. The summed E-state index contributed by atoms with van der Waals surface area (Å²) in [5.74, 6) is 1.72. The number of ether oxygens (including phenoxy) is 1. The van der Waals surface area contributed by atoms with Crippen molar-refractivity contribution in [1.82, 2.24) is 4.90 Å². The van der Waals surface area contributed by atoms with Gasteiger partial charge in [0.1, 0.15) is 5.75 Å². The Kier molecular flexibility index (Phi) is 4.03. The van der Waals surface area contributed by atoms with Crippen LogP contribution >= 0.6 is 0 Å². The van der Waals surface area contributed by atoms with E-state index in [-0.39, 0.29) is 11.8 Å². The predicted molar refractivity (Wildman–Crippen MR) is 92.2 cm³/mol. The molecule has 2 heterocycles. The third-order valence-corrected chi connectivity index (χ3v) is 6.37. The number of aryl methyl sites for hydroxylation is 1. The Morgan fingerprint density at radius 1 is 1.38 bits per heavy atom. The number of likely N-dealkylation sites (tertiary alicyclic amines) is 1. The fourth-order valence-corrected chi connectivity index (χ4v) is 4.91. The molecule has 3 atom stereocenters. The van der Waals surface area contributed by atoms with Crippen LogP contribution < -0.4 is 4.74 Å². The van der Waals surface area contributed by atoms with Crippen LogP contribution in [0, 0.1) is 11.8 Å². The van der Waals surface area contributed by atoms with Crippen molar-refractivity contribution in [2.24, 2.45) is 11.8 Å². The summed E-state index contributed by atoms with van der Waals surface area (Å²) in [5.41, 5.74) is 1.33. The number of nitrogens with zero attached hydrogens (tertiary/aromatic N) is 1. The first-order chi connectivity index (χ1) is 11.6. The normalized spacial score (nSPS) is 32.0. The molecular weight excluding hydrogens is 302 g/mol. The highest BCUT2D eigenvalue weighted by Gasteiger charge is 2.48. The molecule has 4 heteroatoms. The van der Waals surface area contributed by atoms with E-state index in [1.165, 1.54) is 0 Å². The van der Waals surface area contributed by atoms with Crippen LogP contribution in [0.2, 0.25) is 0 Å². The zero-order valence-electron chi connectivity index (χ0n) is 14.5. The van der Waals surface area contributed by atoms with Crippen molar-refractivity contribution in [2.75, 3.05) is 19.7 Å². The minimum absolute atomic E-state index is 0.108. The Morgan fingerprint density at radius 3 is 3.08 bits per heavy atom. The first kappa shape index (κ1) is 15.9. The fourth-order valence-electron chi connectivity index (χ4n) is 4.91. The highest BCUT2D eigenvalue weighted by molar-refractivity contribution is 5.94. The molecule has 1 aliphatic carbocycles. The lowest BCUT2D eigenvalue weighted by atomic mass is 9.69. The Morgan fingerprint density at radius 2 is 2.25 bits per heavy atom. The molecule has 0 unspecified atom stereocenters. The summed E-state index contributed by atoms with van der Waals surface area (Å²) in [6.07, 6.45) is 5.87. The first-order valence-electron chi connectivity index (χ1n) is 9.38. The summed E-state index contributed by atoms with van der Waals surface area (Å²) in [6, 6.07) is 5.83. The van der Waals surface area contributed by atoms with Gasteiger partial charge in [0.25, 0.3) is 5.91 Å². The van der Waals surface area contributed by atoms with Gasteiger partial charge in [0.15, 0.2) is 0 Å². The van der Waals surface area contributed by atoms with Crippen LogP contribution in [0.5, 0.6) is 5.75 Å². The molecular formula is C20H27NO3. The van der Waals surface area contributed by atoms with Crippen LogP contribution in [0.4, 0.5) is 0 Å². The molecule has 4 nitrogen and oxygen atoms in total. The smallest absolute Gasteiger partial charge is 0.253 e. The van der Waals surface area contributed by atoms with Crippen molar-refractivity contribution in [2.45, 2.75) is 51.0 Å². The van der Waals surface area contributed by atoms with E-state index in [2.05, 4.69) is 6.92 Å². The largest absolute Gasteiger partial charge is 0.493 e. The SMILES string of the molecule is CC[C@]1(O)CCC[C@H]2CN(C(=O)c3ccc4c(c3)CCCO4)C[C@H]21. The zero-order chi connectivity index (χ0) is 16.7. The number of fused-ring (bicyclic) bond motifs is 2. The summed E-state index contributed by atoms with van der Waals surface area (Å²) in [6.45, 7) is 4.32. The maximum atomic E-state index is 13.0. The molecule has 1 N–H and O–H groups in total. The van der Waals surface area contributed by atoms with Gasteiger partial charge in [-0.05, 0) is 61.8 Å². The van der Waals surface area contributed by atoms with Crippen LogP contribution in [0.3, 0.4) is 0 Å². The molecule has 0 aromatic heterocycles. The molecule has 1 saturated carbocycles. The number of aliphatic hydroxyl groups is 1. The van der Waals surface area contributed by atoms with Crippen LogP contribution in [-0.2, 0) is 6.42 Å². The minimum atomic E-state index is -0.582. The third kappa shape index (κ3) is 2.61. The van der Waals surface area contributed by atoms with E-state index in [0.717, 1.165) is 68.6 Å². The molecule has 4 rings (SSSR count). The Balaban J connectivity index is 1.53. The van der Waals surface area contributed by atoms with E-state index in [0.29, 0.717) is 12.5 Å². The molecule has 1 aromatic rings. The van der Waals surface area contributed by atoms with Gasteiger partial charge >= 0.3 is 0 Å². The summed E-state index contributed by atoms with van der Waals surface area (Å²) >= 11 is 0. The molecule has 24 heavy (non-hydrogen) atoms. The predicted octanol–water partition coefficient (Wildman–Crippen LogP) is 3.02. The first-order valence-corrected chi connectivity index (χ1v) is 9.38. The van der Waals surface area contributed by atoms with Crippen molar-refractivity contribution in [1.29, 1.82) is 0 Å². The molecule has 2 fully saturated rings. The lowest BCUT2D eigenvalue weighted by Gasteiger charge is -2.40. The second-order valence-corrected chi connectivity index (χ2v) is 7.70. The average Bonchev–Trinajstić information content (AvgIpc) is 3.06. The van der Waals surface area contributed by atoms with Gasteiger partial charge in [-0.3, -0.25) is 4.79 Å². The molecule has 0 bridgehead atoms. The van der Waals surface area contributed by atoms with Crippen molar-refractivity contribution in [3.05, 3.63) is 29.3 Å². The van der Waals surface area contributed by atoms with Crippen LogP contribution in [0.1, 0.15) is 54.9 Å². The van der Waals surface area contributed by atoms with Crippen molar-refractivity contribution in [3.63, 3.8) is 0 Å². The van der Waals surface area contributed by atoms with Gasteiger partial charge in [0.05, 0.1) is 12.2 Å². The molecule has 130 valence electrons. The van der Waals surface area contributed by atoms with Gasteiger partial charge in [0.2, 0.25) is 0 Å². The fraction of sp³-hybridized carbons (Fsp3) is 0.650. The number of hydrogen-bond donors (Lipinski definition) is 1. The topological polar surface area (TPSA) is 49.8 Å². The molecule has 0 spiro atoms. The van der Waals surface area contributed by atoms with Gasteiger partial charge < -0.3 is 14.7 Å².